The van der Waals surface area contributed by atoms with Crippen molar-refractivity contribution in [2.24, 2.45) is 37.7 Å². The maximum absolute atomic E-state index is 12.0. The molecule has 0 bridgehead atoms. The maximum Gasteiger partial charge on any atom is 0.332 e. The van der Waals surface area contributed by atoms with E-state index in [9.17, 15) is 29.1 Å². The first-order valence-electron chi connectivity index (χ1n) is 9.59. The summed E-state index contributed by atoms with van der Waals surface area (Å²) in [5.41, 5.74) is -2.53. The quantitative estimate of drug-likeness (QED) is 0.243. The van der Waals surface area contributed by atoms with E-state index in [1.54, 1.807) is 19.9 Å². The van der Waals surface area contributed by atoms with E-state index in [0.29, 0.717) is 25.7 Å². The van der Waals surface area contributed by atoms with Crippen molar-refractivity contribution in [2.75, 3.05) is 13.1 Å². The first kappa shape index (κ1) is 27.0. The number of nitrogens with zero attached hydrogens (tertiary/aromatic N) is 4. The molecule has 0 radical (unpaired) electrons. The number of carbonyl (C=O) groups is 1. The van der Waals surface area contributed by atoms with Gasteiger partial charge in [0.1, 0.15) is 0 Å². The van der Waals surface area contributed by atoms with Gasteiger partial charge in [-0.05, 0) is 64.2 Å². The predicted octanol–water partition coefficient (Wildman–Crippen LogP) is 2.38. The van der Waals surface area contributed by atoms with Crippen molar-refractivity contribution in [3.05, 3.63) is 0 Å². The van der Waals surface area contributed by atoms with Crippen molar-refractivity contribution in [1.82, 2.24) is 0 Å². The van der Waals surface area contributed by atoms with E-state index in [1.165, 1.54) is 25.2 Å². The van der Waals surface area contributed by atoms with E-state index in [-0.39, 0.29) is 24.9 Å². The molecular weight excluding hydrogens is 392 g/mol. The molecule has 0 aliphatic rings. The lowest BCUT2D eigenvalue weighted by Gasteiger charge is -2.38. The summed E-state index contributed by atoms with van der Waals surface area (Å²) in [6.07, 6.45) is 7.21. The second-order valence-electron chi connectivity index (χ2n) is 7.89. The fraction of sp³-hybridized carbons (Fsp3) is 0.750. The van der Waals surface area contributed by atoms with Crippen molar-refractivity contribution in [2.45, 2.75) is 64.5 Å². The zero-order valence-electron chi connectivity index (χ0n) is 17.8. The van der Waals surface area contributed by atoms with Gasteiger partial charge in [0, 0.05) is 0 Å². The number of isocyanates is 4. The van der Waals surface area contributed by atoms with Crippen molar-refractivity contribution in [1.29, 1.82) is 0 Å². The van der Waals surface area contributed by atoms with Crippen LogP contribution in [0.15, 0.2) is 20.0 Å². The highest BCUT2D eigenvalue weighted by Crippen LogP contribution is 2.40. The second-order valence-corrected chi connectivity index (χ2v) is 7.89. The van der Waals surface area contributed by atoms with Crippen LogP contribution in [-0.4, -0.2) is 59.6 Å². The van der Waals surface area contributed by atoms with Crippen LogP contribution in [0, 0.1) is 17.8 Å². The minimum atomic E-state index is -1.78. The Hall–Kier alpha value is -3.01. The molecule has 0 aromatic heterocycles. The summed E-state index contributed by atoms with van der Waals surface area (Å²) in [6, 6.07) is 0. The highest BCUT2D eigenvalue weighted by atomic mass is 16.4. The van der Waals surface area contributed by atoms with Gasteiger partial charge in [-0.15, -0.1) is 0 Å². The summed E-state index contributed by atoms with van der Waals surface area (Å²) in [7, 11) is 0. The van der Waals surface area contributed by atoms with Crippen LogP contribution in [0.1, 0.15) is 53.4 Å². The van der Waals surface area contributed by atoms with Crippen molar-refractivity contribution in [3.8, 4) is 0 Å². The lowest BCUT2D eigenvalue weighted by molar-refractivity contribution is -0.146. The van der Waals surface area contributed by atoms with Crippen LogP contribution in [0.3, 0.4) is 0 Å². The zero-order valence-corrected chi connectivity index (χ0v) is 17.8. The SMILES string of the molecule is CC(CC(CCN=C=O)C(CCCN=C=O)C(C)(N=C=O)C(=O)O)C(C)(C)N=C=O. The number of hydrogen-bond acceptors (Lipinski definition) is 9. The van der Waals surface area contributed by atoms with Crippen LogP contribution in [0.25, 0.3) is 0 Å². The molecule has 0 rings (SSSR count). The Morgan fingerprint density at radius 2 is 1.47 bits per heavy atom. The van der Waals surface area contributed by atoms with Gasteiger partial charge in [-0.1, -0.05) is 6.92 Å². The Labute approximate surface area is 175 Å². The molecule has 0 saturated carbocycles. The molecule has 0 aromatic rings. The predicted molar refractivity (Wildman–Crippen MR) is 107 cm³/mol. The third-order valence-electron chi connectivity index (χ3n) is 5.72. The third-order valence-corrected chi connectivity index (χ3v) is 5.72. The van der Waals surface area contributed by atoms with Crippen LogP contribution in [0.2, 0.25) is 0 Å². The summed E-state index contributed by atoms with van der Waals surface area (Å²) < 4.78 is 0. The van der Waals surface area contributed by atoms with Crippen LogP contribution in [-0.2, 0) is 24.0 Å². The van der Waals surface area contributed by atoms with Gasteiger partial charge in [0.2, 0.25) is 24.3 Å². The average Bonchev–Trinajstić information content (AvgIpc) is 2.67. The first-order valence-corrected chi connectivity index (χ1v) is 9.59. The number of carbonyl (C=O) groups excluding carboxylic acids is 4. The number of aliphatic carboxylic acids is 1. The molecule has 4 atom stereocenters. The molecule has 0 aliphatic heterocycles. The number of aliphatic imine (C=N–C) groups is 4. The van der Waals surface area contributed by atoms with E-state index < -0.39 is 23.0 Å². The lowest BCUT2D eigenvalue weighted by atomic mass is 9.68. The van der Waals surface area contributed by atoms with E-state index in [2.05, 4.69) is 20.0 Å². The van der Waals surface area contributed by atoms with Gasteiger partial charge < -0.3 is 5.11 Å². The molecule has 10 nitrogen and oxygen atoms in total. The maximum atomic E-state index is 12.0. The minimum absolute atomic E-state index is 0.113. The average molecular weight is 420 g/mol. The topological polar surface area (TPSA) is 155 Å². The molecule has 0 saturated heterocycles. The van der Waals surface area contributed by atoms with Gasteiger partial charge in [0.05, 0.1) is 18.6 Å². The summed E-state index contributed by atoms with van der Waals surface area (Å²) in [5, 5.41) is 9.82. The van der Waals surface area contributed by atoms with Gasteiger partial charge in [0.25, 0.3) is 0 Å². The number of rotatable bonds is 15. The van der Waals surface area contributed by atoms with Crippen molar-refractivity contribution < 1.29 is 29.1 Å². The highest BCUT2D eigenvalue weighted by Gasteiger charge is 2.46. The summed E-state index contributed by atoms with van der Waals surface area (Å²) in [5.74, 6) is -2.47. The number of carboxylic acid groups (broad SMARTS) is 1. The summed E-state index contributed by atoms with van der Waals surface area (Å²) in [4.78, 5) is 69.2. The van der Waals surface area contributed by atoms with E-state index >= 15 is 0 Å². The summed E-state index contributed by atoms with van der Waals surface area (Å²) >= 11 is 0. The Kier molecular flexibility index (Phi) is 11.9. The fourth-order valence-corrected chi connectivity index (χ4v) is 3.53. The van der Waals surface area contributed by atoms with Crippen LogP contribution in [0.5, 0.6) is 0 Å². The number of hydrogen-bond donors (Lipinski definition) is 1. The highest BCUT2D eigenvalue weighted by molar-refractivity contribution is 5.80. The zero-order chi connectivity index (χ0) is 23.2. The molecule has 0 fully saturated rings. The molecular formula is C20H28N4O6. The molecule has 1 N–H and O–H groups in total. The van der Waals surface area contributed by atoms with E-state index in [1.807, 2.05) is 6.92 Å². The Balaban J connectivity index is 6.16. The molecule has 4 unspecified atom stereocenters. The van der Waals surface area contributed by atoms with Gasteiger partial charge in [-0.25, -0.2) is 34.0 Å². The second kappa shape index (κ2) is 13.3. The van der Waals surface area contributed by atoms with Gasteiger partial charge in [-0.2, -0.15) is 9.98 Å². The van der Waals surface area contributed by atoms with E-state index in [0.717, 1.165) is 0 Å². The van der Waals surface area contributed by atoms with E-state index in [4.69, 9.17) is 0 Å². The molecule has 0 aliphatic carbocycles. The Morgan fingerprint density at radius 3 is 1.97 bits per heavy atom. The standard InChI is InChI=1S/C20H28N4O6/c1-15(19(2,3)23-13-27)10-16(7-9-22-12-26)17(6-5-8-21-11-25)20(4,18(29)30)24-14-28/h15-17H,5-10H2,1-4H3,(H,29,30). The Morgan fingerprint density at radius 1 is 0.900 bits per heavy atom. The van der Waals surface area contributed by atoms with Gasteiger partial charge in [0.15, 0.2) is 5.54 Å². The Bertz CT molecular complexity index is 768. The monoisotopic (exact) mass is 420 g/mol. The van der Waals surface area contributed by atoms with Crippen LogP contribution in [0.4, 0.5) is 0 Å². The molecule has 0 amide bonds. The molecule has 0 aromatic carbocycles. The van der Waals surface area contributed by atoms with Crippen molar-refractivity contribution >= 4 is 30.3 Å². The largest absolute Gasteiger partial charge is 0.479 e. The van der Waals surface area contributed by atoms with Gasteiger partial charge in [-0.3, -0.25) is 0 Å². The first-order chi connectivity index (χ1) is 14.1. The normalized spacial score (nSPS) is 15.6. The molecule has 0 spiro atoms. The van der Waals surface area contributed by atoms with Crippen LogP contribution < -0.4 is 0 Å². The van der Waals surface area contributed by atoms with Gasteiger partial charge >= 0.3 is 5.97 Å². The van der Waals surface area contributed by atoms with Crippen LogP contribution >= 0.6 is 0 Å². The smallest absolute Gasteiger partial charge is 0.332 e. The molecule has 0 heterocycles. The molecule has 164 valence electrons. The molecule has 30 heavy (non-hydrogen) atoms. The number of carboxylic acids is 1. The molecule has 10 heteroatoms. The minimum Gasteiger partial charge on any atom is -0.479 e. The fourth-order valence-electron chi connectivity index (χ4n) is 3.53. The third kappa shape index (κ3) is 8.16. The van der Waals surface area contributed by atoms with Crippen molar-refractivity contribution in [3.63, 3.8) is 0 Å². The lowest BCUT2D eigenvalue weighted by Crippen LogP contribution is -2.46. The summed E-state index contributed by atoms with van der Waals surface area (Å²) in [6.45, 7) is 6.99.